The van der Waals surface area contributed by atoms with Crippen molar-refractivity contribution in [2.75, 3.05) is 11.1 Å². The van der Waals surface area contributed by atoms with Crippen LogP contribution in [0.15, 0.2) is 18.3 Å². The van der Waals surface area contributed by atoms with Crippen molar-refractivity contribution < 1.29 is 5.11 Å². The molecule has 1 heterocycles. The van der Waals surface area contributed by atoms with Crippen molar-refractivity contribution in [2.45, 2.75) is 33.3 Å². The molecule has 0 aliphatic rings. The number of thioether (sulfide) groups is 1. The maximum atomic E-state index is 9.91. The fourth-order valence-corrected chi connectivity index (χ4v) is 2.46. The number of aromatic nitrogens is 1. The van der Waals surface area contributed by atoms with Crippen molar-refractivity contribution in [1.29, 1.82) is 0 Å². The van der Waals surface area contributed by atoms with Gasteiger partial charge < -0.3 is 10.4 Å². The number of aliphatic hydroxyl groups excluding tert-OH is 1. The molecule has 0 bridgehead atoms. The summed E-state index contributed by atoms with van der Waals surface area (Å²) in [6, 6.07) is 3.53. The van der Waals surface area contributed by atoms with Crippen molar-refractivity contribution in [3.05, 3.63) is 23.4 Å². The molecular formula is C13H19ClN2OS2. The first kappa shape index (κ1) is 16.7. The summed E-state index contributed by atoms with van der Waals surface area (Å²) in [5.74, 6) is 1.45. The number of hydrogen-bond acceptors (Lipinski definition) is 4. The van der Waals surface area contributed by atoms with Crippen molar-refractivity contribution in [3.8, 4) is 0 Å². The van der Waals surface area contributed by atoms with Crippen LogP contribution in [0.25, 0.3) is 0 Å². The molecule has 106 valence electrons. The molecule has 3 nitrogen and oxygen atoms in total. The van der Waals surface area contributed by atoms with E-state index in [2.05, 4.69) is 10.3 Å². The van der Waals surface area contributed by atoms with Crippen molar-refractivity contribution >= 4 is 45.7 Å². The minimum atomic E-state index is -0.323. The number of hydrogen-bond donors (Lipinski definition) is 2. The highest BCUT2D eigenvalue weighted by Crippen LogP contribution is 2.23. The minimum Gasteiger partial charge on any atom is -0.393 e. The van der Waals surface area contributed by atoms with Crippen LogP contribution in [0.5, 0.6) is 0 Å². The van der Waals surface area contributed by atoms with E-state index in [9.17, 15) is 5.11 Å². The average molecular weight is 319 g/mol. The van der Waals surface area contributed by atoms with Gasteiger partial charge in [-0.05, 0) is 24.0 Å². The molecule has 1 atom stereocenters. The van der Waals surface area contributed by atoms with E-state index in [1.807, 2.05) is 20.8 Å². The van der Waals surface area contributed by atoms with E-state index in [-0.39, 0.29) is 11.5 Å². The second kappa shape index (κ2) is 7.43. The Morgan fingerprint density at radius 2 is 2.21 bits per heavy atom. The predicted octanol–water partition coefficient (Wildman–Crippen LogP) is 3.96. The second-order valence-electron chi connectivity index (χ2n) is 5.29. The van der Waals surface area contributed by atoms with Crippen LogP contribution in [0.3, 0.4) is 0 Å². The predicted molar refractivity (Wildman–Crippen MR) is 88.0 cm³/mol. The average Bonchev–Trinajstić information content (AvgIpc) is 2.31. The van der Waals surface area contributed by atoms with Gasteiger partial charge in [0.25, 0.3) is 0 Å². The standard InChI is InChI=1S/C13H19ClN2OS2/c1-13(2,3)10(17)6-7-19-12(18)16-11-5-4-9(14)8-15-11/h4-5,8,10,17H,6-7H2,1-3H3,(H,15,16,18). The summed E-state index contributed by atoms with van der Waals surface area (Å²) in [6.45, 7) is 6.07. The maximum absolute atomic E-state index is 9.91. The highest BCUT2D eigenvalue weighted by Gasteiger charge is 2.21. The molecule has 19 heavy (non-hydrogen) atoms. The topological polar surface area (TPSA) is 45.1 Å². The number of nitrogens with zero attached hydrogens (tertiary/aromatic N) is 1. The van der Waals surface area contributed by atoms with E-state index in [4.69, 9.17) is 23.8 Å². The van der Waals surface area contributed by atoms with Crippen LogP contribution in [0, 0.1) is 5.41 Å². The number of thiocarbonyl (C=S) groups is 1. The molecule has 0 amide bonds. The molecule has 1 rings (SSSR count). The number of aliphatic hydroxyl groups is 1. The quantitative estimate of drug-likeness (QED) is 0.823. The third-order valence-electron chi connectivity index (χ3n) is 2.58. The van der Waals surface area contributed by atoms with Gasteiger partial charge in [0.1, 0.15) is 10.1 Å². The zero-order valence-corrected chi connectivity index (χ0v) is 13.7. The Balaban J connectivity index is 2.31. The normalized spacial score (nSPS) is 13.1. The Bertz CT molecular complexity index is 418. The fraction of sp³-hybridized carbons (Fsp3) is 0.538. The molecule has 1 aromatic rings. The number of rotatable bonds is 4. The van der Waals surface area contributed by atoms with Crippen LogP contribution in [0.4, 0.5) is 5.82 Å². The highest BCUT2D eigenvalue weighted by molar-refractivity contribution is 8.23. The summed E-state index contributed by atoms with van der Waals surface area (Å²) >= 11 is 12.5. The molecule has 0 aromatic carbocycles. The molecule has 6 heteroatoms. The SMILES string of the molecule is CC(C)(C)C(O)CCSC(=S)Nc1ccc(Cl)cn1. The van der Waals surface area contributed by atoms with Gasteiger partial charge in [0.15, 0.2) is 0 Å². The van der Waals surface area contributed by atoms with E-state index in [1.54, 1.807) is 18.3 Å². The van der Waals surface area contributed by atoms with Crippen molar-refractivity contribution in [2.24, 2.45) is 5.41 Å². The second-order valence-corrected chi connectivity index (χ2v) is 7.50. The summed E-state index contributed by atoms with van der Waals surface area (Å²) in [7, 11) is 0. The Morgan fingerprint density at radius 3 is 2.74 bits per heavy atom. The molecule has 0 saturated carbocycles. The van der Waals surface area contributed by atoms with Crippen molar-refractivity contribution in [1.82, 2.24) is 4.98 Å². The maximum Gasteiger partial charge on any atom is 0.139 e. The molecule has 1 unspecified atom stereocenters. The van der Waals surface area contributed by atoms with E-state index in [1.165, 1.54) is 11.8 Å². The molecular weight excluding hydrogens is 300 g/mol. The van der Waals surface area contributed by atoms with Gasteiger partial charge in [-0.15, -0.1) is 0 Å². The van der Waals surface area contributed by atoms with Gasteiger partial charge >= 0.3 is 0 Å². The molecule has 1 aromatic heterocycles. The van der Waals surface area contributed by atoms with Crippen molar-refractivity contribution in [3.63, 3.8) is 0 Å². The Labute approximate surface area is 129 Å². The minimum absolute atomic E-state index is 0.0899. The van der Waals surface area contributed by atoms with E-state index in [0.717, 1.165) is 5.75 Å². The summed E-state index contributed by atoms with van der Waals surface area (Å²) < 4.78 is 0.649. The largest absolute Gasteiger partial charge is 0.393 e. The Hall–Kier alpha value is -0.360. The van der Waals surface area contributed by atoms with Gasteiger partial charge in [-0.2, -0.15) is 0 Å². The summed E-state index contributed by atoms with van der Waals surface area (Å²) in [4.78, 5) is 4.11. The number of nitrogens with one attached hydrogen (secondary N) is 1. The van der Waals surface area contributed by atoms with Crippen LogP contribution < -0.4 is 5.32 Å². The number of halogens is 1. The van der Waals surface area contributed by atoms with Gasteiger partial charge in [-0.1, -0.05) is 56.4 Å². The lowest BCUT2D eigenvalue weighted by atomic mass is 9.88. The smallest absolute Gasteiger partial charge is 0.139 e. The number of pyridine rings is 1. The highest BCUT2D eigenvalue weighted by atomic mass is 35.5. The molecule has 2 N–H and O–H groups in total. The first-order chi connectivity index (χ1) is 8.79. The molecule has 0 saturated heterocycles. The van der Waals surface area contributed by atoms with Crippen LogP contribution in [-0.4, -0.2) is 26.3 Å². The first-order valence-electron chi connectivity index (χ1n) is 6.02. The van der Waals surface area contributed by atoms with E-state index < -0.39 is 0 Å². The fourth-order valence-electron chi connectivity index (χ4n) is 1.29. The Kier molecular flexibility index (Phi) is 6.53. The zero-order chi connectivity index (χ0) is 14.5. The third-order valence-corrected chi connectivity index (χ3v) is 4.06. The summed E-state index contributed by atoms with van der Waals surface area (Å²) in [5, 5.41) is 13.5. The third kappa shape index (κ3) is 6.56. The van der Waals surface area contributed by atoms with Gasteiger partial charge in [-0.3, -0.25) is 0 Å². The van der Waals surface area contributed by atoms with Gasteiger partial charge in [0, 0.05) is 11.9 Å². The van der Waals surface area contributed by atoms with Gasteiger partial charge in [0.2, 0.25) is 0 Å². The van der Waals surface area contributed by atoms with E-state index in [0.29, 0.717) is 21.6 Å². The first-order valence-corrected chi connectivity index (χ1v) is 7.79. The van der Waals surface area contributed by atoms with Crippen LogP contribution >= 0.6 is 35.6 Å². The van der Waals surface area contributed by atoms with Crippen LogP contribution in [0.1, 0.15) is 27.2 Å². The zero-order valence-electron chi connectivity index (χ0n) is 11.3. The van der Waals surface area contributed by atoms with E-state index >= 15 is 0 Å². The molecule has 0 radical (unpaired) electrons. The summed E-state index contributed by atoms with van der Waals surface area (Å²) in [6.07, 6.45) is 1.96. The monoisotopic (exact) mass is 318 g/mol. The lowest BCUT2D eigenvalue weighted by Crippen LogP contribution is -2.26. The molecule has 0 spiro atoms. The Morgan fingerprint density at radius 1 is 1.53 bits per heavy atom. The van der Waals surface area contributed by atoms with Crippen LogP contribution in [-0.2, 0) is 0 Å². The molecule has 0 aliphatic carbocycles. The molecule has 0 fully saturated rings. The van der Waals surface area contributed by atoms with Gasteiger partial charge in [-0.25, -0.2) is 4.98 Å². The van der Waals surface area contributed by atoms with Crippen LogP contribution in [0.2, 0.25) is 5.02 Å². The summed E-state index contributed by atoms with van der Waals surface area (Å²) in [5.41, 5.74) is -0.0899. The number of anilines is 1. The van der Waals surface area contributed by atoms with Gasteiger partial charge in [0.05, 0.1) is 11.1 Å². The lowest BCUT2D eigenvalue weighted by molar-refractivity contribution is 0.0611. The lowest BCUT2D eigenvalue weighted by Gasteiger charge is -2.25. The molecule has 0 aliphatic heterocycles.